The van der Waals surface area contributed by atoms with Crippen molar-refractivity contribution < 1.29 is 4.52 Å². The molecule has 2 rings (SSSR count). The molecule has 1 atom stereocenters. The maximum absolute atomic E-state index is 6.02. The molecule has 0 aliphatic heterocycles. The summed E-state index contributed by atoms with van der Waals surface area (Å²) in [6, 6.07) is 2.02. The highest BCUT2D eigenvalue weighted by molar-refractivity contribution is 7.20. The van der Waals surface area contributed by atoms with Crippen LogP contribution in [0.15, 0.2) is 10.6 Å². The standard InChI is InChI=1S/C10H11Cl2N3OS.ClH/c1-5(13-2)3-8-14-10(16-15-8)6-4-7(11)17-9(6)12;/h4-5,13H,3H2,1-2H3;1H. The topological polar surface area (TPSA) is 51.0 Å². The molecular weight excluding hydrogens is 317 g/mol. The fraction of sp³-hybridized carbons (Fsp3) is 0.400. The van der Waals surface area contributed by atoms with Gasteiger partial charge in [-0.3, -0.25) is 0 Å². The van der Waals surface area contributed by atoms with Gasteiger partial charge in [-0.15, -0.1) is 23.7 Å². The number of hydrogen-bond donors (Lipinski definition) is 1. The highest BCUT2D eigenvalue weighted by Gasteiger charge is 2.16. The van der Waals surface area contributed by atoms with Gasteiger partial charge in [0.25, 0.3) is 5.89 Å². The molecule has 2 aromatic heterocycles. The predicted octanol–water partition coefficient (Wildman–Crippen LogP) is 3.68. The van der Waals surface area contributed by atoms with Crippen molar-refractivity contribution in [3.8, 4) is 11.5 Å². The van der Waals surface area contributed by atoms with Crippen molar-refractivity contribution in [3.05, 3.63) is 20.6 Å². The molecule has 8 heteroatoms. The molecule has 2 aromatic rings. The Hall–Kier alpha value is -0.330. The second-order valence-electron chi connectivity index (χ2n) is 3.65. The van der Waals surface area contributed by atoms with Gasteiger partial charge in [-0.1, -0.05) is 28.4 Å². The summed E-state index contributed by atoms with van der Waals surface area (Å²) in [5, 5.41) is 7.02. The van der Waals surface area contributed by atoms with Gasteiger partial charge in [-0.25, -0.2) is 0 Å². The molecular formula is C10H12Cl3N3OS. The van der Waals surface area contributed by atoms with E-state index >= 15 is 0 Å². The Morgan fingerprint density at radius 3 is 2.78 bits per heavy atom. The van der Waals surface area contributed by atoms with Crippen LogP contribution in [0.2, 0.25) is 8.67 Å². The first kappa shape index (κ1) is 15.7. The molecule has 1 N–H and O–H groups in total. The van der Waals surface area contributed by atoms with E-state index in [9.17, 15) is 0 Å². The minimum Gasteiger partial charge on any atom is -0.334 e. The Morgan fingerprint density at radius 2 is 2.22 bits per heavy atom. The van der Waals surface area contributed by atoms with Gasteiger partial charge in [0.05, 0.1) is 9.90 Å². The molecule has 0 saturated carbocycles. The molecule has 100 valence electrons. The van der Waals surface area contributed by atoms with Gasteiger partial charge < -0.3 is 9.84 Å². The molecule has 0 aliphatic rings. The third-order valence-electron chi connectivity index (χ3n) is 2.34. The van der Waals surface area contributed by atoms with Crippen molar-refractivity contribution in [2.45, 2.75) is 19.4 Å². The summed E-state index contributed by atoms with van der Waals surface area (Å²) in [6.07, 6.45) is 0.704. The highest BCUT2D eigenvalue weighted by atomic mass is 35.5. The zero-order valence-electron chi connectivity index (χ0n) is 9.74. The lowest BCUT2D eigenvalue weighted by Gasteiger charge is -2.04. The minimum absolute atomic E-state index is 0. The van der Waals surface area contributed by atoms with Crippen LogP contribution in [0.4, 0.5) is 0 Å². The molecule has 0 aromatic carbocycles. The monoisotopic (exact) mass is 327 g/mol. The van der Waals surface area contributed by atoms with Crippen molar-refractivity contribution in [2.24, 2.45) is 0 Å². The van der Waals surface area contributed by atoms with Crippen LogP contribution in [0.5, 0.6) is 0 Å². The van der Waals surface area contributed by atoms with Crippen LogP contribution in [0, 0.1) is 0 Å². The van der Waals surface area contributed by atoms with Crippen LogP contribution in [0.1, 0.15) is 12.7 Å². The normalized spacial score (nSPS) is 12.2. The number of nitrogens with zero attached hydrogens (tertiary/aromatic N) is 2. The van der Waals surface area contributed by atoms with Gasteiger partial charge in [0, 0.05) is 12.5 Å². The van der Waals surface area contributed by atoms with Crippen LogP contribution in [0.25, 0.3) is 11.5 Å². The predicted molar refractivity (Wildman–Crippen MR) is 77.1 cm³/mol. The van der Waals surface area contributed by atoms with Crippen molar-refractivity contribution in [2.75, 3.05) is 7.05 Å². The molecule has 4 nitrogen and oxygen atoms in total. The van der Waals surface area contributed by atoms with E-state index in [0.717, 1.165) is 0 Å². The number of hydrogen-bond acceptors (Lipinski definition) is 5. The molecule has 18 heavy (non-hydrogen) atoms. The summed E-state index contributed by atoms with van der Waals surface area (Å²) in [5.74, 6) is 1.07. The van der Waals surface area contributed by atoms with E-state index in [1.807, 2.05) is 14.0 Å². The maximum Gasteiger partial charge on any atom is 0.260 e. The third-order valence-corrected chi connectivity index (χ3v) is 3.82. The summed E-state index contributed by atoms with van der Waals surface area (Å²) in [4.78, 5) is 4.29. The van der Waals surface area contributed by atoms with Crippen molar-refractivity contribution in [1.29, 1.82) is 0 Å². The number of halogens is 3. The van der Waals surface area contributed by atoms with Crippen LogP contribution >= 0.6 is 46.9 Å². The summed E-state index contributed by atoms with van der Waals surface area (Å²) < 4.78 is 6.33. The minimum atomic E-state index is 0. The number of aromatic nitrogens is 2. The Balaban J connectivity index is 0.00000162. The number of thiophene rings is 1. The number of rotatable bonds is 4. The van der Waals surface area contributed by atoms with Gasteiger partial charge in [0.15, 0.2) is 5.82 Å². The number of likely N-dealkylation sites (N-methyl/N-ethyl adjacent to an activating group) is 1. The van der Waals surface area contributed by atoms with E-state index in [2.05, 4.69) is 15.5 Å². The second kappa shape index (κ2) is 6.73. The Bertz CT molecular complexity index is 514. The van der Waals surface area contributed by atoms with Crippen LogP contribution < -0.4 is 5.32 Å². The van der Waals surface area contributed by atoms with Crippen molar-refractivity contribution in [3.63, 3.8) is 0 Å². The van der Waals surface area contributed by atoms with Gasteiger partial charge in [-0.05, 0) is 20.0 Å². The first-order valence-corrected chi connectivity index (χ1v) is 6.62. The Kier molecular flexibility index (Phi) is 5.88. The van der Waals surface area contributed by atoms with Gasteiger partial charge in [0.1, 0.15) is 4.34 Å². The molecule has 0 bridgehead atoms. The molecule has 0 fully saturated rings. The lowest BCUT2D eigenvalue weighted by atomic mass is 10.2. The van der Waals surface area contributed by atoms with E-state index in [-0.39, 0.29) is 12.4 Å². The molecule has 0 aliphatic carbocycles. The SMILES string of the molecule is CNC(C)Cc1noc(-c2cc(Cl)sc2Cl)n1.Cl. The lowest BCUT2D eigenvalue weighted by molar-refractivity contribution is 0.418. The fourth-order valence-corrected chi connectivity index (χ4v) is 2.76. The molecule has 0 saturated heterocycles. The quantitative estimate of drug-likeness (QED) is 0.930. The fourth-order valence-electron chi connectivity index (χ4n) is 1.31. The average Bonchev–Trinajstić information content (AvgIpc) is 2.85. The van der Waals surface area contributed by atoms with E-state index in [0.29, 0.717) is 38.4 Å². The summed E-state index contributed by atoms with van der Waals surface area (Å²) in [5.41, 5.74) is 0.692. The largest absolute Gasteiger partial charge is 0.334 e. The highest BCUT2D eigenvalue weighted by Crippen LogP contribution is 2.37. The summed E-state index contributed by atoms with van der Waals surface area (Å²) >= 11 is 13.2. The molecule has 0 amide bonds. The van der Waals surface area contributed by atoms with Crippen molar-refractivity contribution in [1.82, 2.24) is 15.5 Å². The van der Waals surface area contributed by atoms with Gasteiger partial charge >= 0.3 is 0 Å². The van der Waals surface area contributed by atoms with E-state index in [1.165, 1.54) is 11.3 Å². The van der Waals surface area contributed by atoms with E-state index in [4.69, 9.17) is 27.7 Å². The van der Waals surface area contributed by atoms with Crippen LogP contribution in [-0.4, -0.2) is 23.2 Å². The lowest BCUT2D eigenvalue weighted by Crippen LogP contribution is -2.24. The maximum atomic E-state index is 6.02. The zero-order chi connectivity index (χ0) is 12.4. The molecule has 0 spiro atoms. The second-order valence-corrected chi connectivity index (χ2v) is 5.93. The molecule has 1 unspecified atom stereocenters. The zero-order valence-corrected chi connectivity index (χ0v) is 12.9. The number of nitrogens with one attached hydrogen (secondary N) is 1. The summed E-state index contributed by atoms with van der Waals surface area (Å²) in [7, 11) is 1.89. The Labute approximate surface area is 125 Å². The first-order valence-electron chi connectivity index (χ1n) is 5.05. The van der Waals surface area contributed by atoms with E-state index < -0.39 is 0 Å². The molecule has 2 heterocycles. The van der Waals surface area contributed by atoms with Crippen molar-refractivity contribution >= 4 is 46.9 Å². The molecule has 0 radical (unpaired) electrons. The smallest absolute Gasteiger partial charge is 0.260 e. The van der Waals surface area contributed by atoms with Gasteiger partial charge in [0.2, 0.25) is 0 Å². The van der Waals surface area contributed by atoms with Crippen LogP contribution in [0.3, 0.4) is 0 Å². The average molecular weight is 329 g/mol. The third kappa shape index (κ3) is 3.59. The first-order chi connectivity index (χ1) is 8.10. The summed E-state index contributed by atoms with van der Waals surface area (Å²) in [6.45, 7) is 2.05. The van der Waals surface area contributed by atoms with Crippen LogP contribution in [-0.2, 0) is 6.42 Å². The van der Waals surface area contributed by atoms with Gasteiger partial charge in [-0.2, -0.15) is 4.98 Å². The van der Waals surface area contributed by atoms with E-state index in [1.54, 1.807) is 6.07 Å². The Morgan fingerprint density at radius 1 is 1.50 bits per heavy atom.